The molecule has 0 amide bonds. The molecule has 2 rings (SSSR count). The van der Waals surface area contributed by atoms with E-state index in [1.165, 1.54) is 12.1 Å². The zero-order valence-corrected chi connectivity index (χ0v) is 14.6. The van der Waals surface area contributed by atoms with Crippen LogP contribution in [-0.2, 0) is 15.6 Å². The van der Waals surface area contributed by atoms with Crippen molar-refractivity contribution in [1.82, 2.24) is 0 Å². The lowest BCUT2D eigenvalue weighted by atomic mass is 10.2. The van der Waals surface area contributed by atoms with E-state index in [0.717, 1.165) is 10.2 Å². The number of diazo groups is 1. The molecule has 0 fully saturated rings. The van der Waals surface area contributed by atoms with Crippen LogP contribution < -0.4 is 4.90 Å². The molecule has 2 aromatic carbocycles. The van der Waals surface area contributed by atoms with E-state index >= 15 is 0 Å². The molecule has 0 N–H and O–H groups in total. The zero-order chi connectivity index (χ0) is 16.3. The molecule has 0 aliphatic carbocycles. The highest BCUT2D eigenvalue weighted by molar-refractivity contribution is 9.10. The van der Waals surface area contributed by atoms with E-state index in [1.807, 2.05) is 14.1 Å². The minimum absolute atomic E-state index is 0.0177. The fraction of sp³-hybridized carbons (Fsp3) is 0.200. The van der Waals surface area contributed by atoms with E-state index in [1.54, 1.807) is 35.2 Å². The Labute approximate surface area is 138 Å². The van der Waals surface area contributed by atoms with Crippen LogP contribution in [0.3, 0.4) is 0 Å². The second kappa shape index (κ2) is 6.46. The Balaban J connectivity index is 2.46. The third-order valence-electron chi connectivity index (χ3n) is 3.17. The molecule has 0 aliphatic heterocycles. The van der Waals surface area contributed by atoms with Gasteiger partial charge in [0.05, 0.1) is 5.75 Å². The highest BCUT2D eigenvalue weighted by atomic mass is 79.9. The normalized spacial score (nSPS) is 11.0. The number of nitrogens with zero attached hydrogens (tertiary/aromatic N) is 3. The van der Waals surface area contributed by atoms with Crippen LogP contribution in [0, 0.1) is 5.39 Å². The number of sulfone groups is 1. The zero-order valence-electron chi connectivity index (χ0n) is 12.2. The smallest absolute Gasteiger partial charge is 0.378 e. The summed E-state index contributed by atoms with van der Waals surface area (Å²) in [4.78, 5) is 4.90. The SMILES string of the molecule is CN(C)c1ccc([N+]#N)c(S(=O)(=O)Cc2ccc(Br)cc2)c1. The van der Waals surface area contributed by atoms with Gasteiger partial charge in [-0.1, -0.05) is 28.1 Å². The van der Waals surface area contributed by atoms with Gasteiger partial charge in [0.25, 0.3) is 0 Å². The van der Waals surface area contributed by atoms with Crippen LogP contribution in [0.25, 0.3) is 4.98 Å². The predicted molar refractivity (Wildman–Crippen MR) is 90.5 cm³/mol. The molecule has 114 valence electrons. The summed E-state index contributed by atoms with van der Waals surface area (Å²) in [6.45, 7) is 0. The highest BCUT2D eigenvalue weighted by Crippen LogP contribution is 2.31. The van der Waals surface area contributed by atoms with E-state index in [0.29, 0.717) is 5.56 Å². The molecule has 0 aliphatic rings. The summed E-state index contributed by atoms with van der Waals surface area (Å²) in [5.41, 5.74) is 1.44. The number of anilines is 1. The van der Waals surface area contributed by atoms with Gasteiger partial charge in [-0.15, -0.1) is 0 Å². The van der Waals surface area contributed by atoms with Crippen molar-refractivity contribution in [2.45, 2.75) is 10.6 Å². The Morgan fingerprint density at radius 2 is 1.77 bits per heavy atom. The van der Waals surface area contributed by atoms with E-state index < -0.39 is 9.84 Å². The second-order valence-corrected chi connectivity index (χ2v) is 7.91. The van der Waals surface area contributed by atoms with Crippen LogP contribution in [0.4, 0.5) is 11.4 Å². The van der Waals surface area contributed by atoms with Gasteiger partial charge >= 0.3 is 5.69 Å². The summed E-state index contributed by atoms with van der Waals surface area (Å²) < 4.78 is 26.2. The van der Waals surface area contributed by atoms with Crippen molar-refractivity contribution in [2.24, 2.45) is 0 Å². The lowest BCUT2D eigenvalue weighted by Gasteiger charge is -2.12. The van der Waals surface area contributed by atoms with Gasteiger partial charge in [0.1, 0.15) is 0 Å². The van der Waals surface area contributed by atoms with Gasteiger partial charge in [-0.3, -0.25) is 0 Å². The topological polar surface area (TPSA) is 65.5 Å². The van der Waals surface area contributed by atoms with Gasteiger partial charge in [0, 0.05) is 30.3 Å². The Morgan fingerprint density at radius 3 is 2.32 bits per heavy atom. The minimum atomic E-state index is -3.62. The van der Waals surface area contributed by atoms with E-state index in [9.17, 15) is 8.42 Å². The molecule has 0 saturated carbocycles. The molecule has 0 aromatic heterocycles. The maximum absolute atomic E-state index is 12.6. The van der Waals surface area contributed by atoms with Gasteiger partial charge in [0.2, 0.25) is 5.39 Å². The van der Waals surface area contributed by atoms with Crippen LogP contribution in [0.15, 0.2) is 51.8 Å². The molecular formula is C15H15BrN3O2S+. The number of hydrogen-bond acceptors (Lipinski definition) is 4. The third-order valence-corrected chi connectivity index (χ3v) is 5.41. The third kappa shape index (κ3) is 3.64. The first kappa shape index (κ1) is 16.5. The Kier molecular flexibility index (Phi) is 4.84. The van der Waals surface area contributed by atoms with E-state index in [2.05, 4.69) is 20.9 Å². The van der Waals surface area contributed by atoms with Gasteiger partial charge in [-0.25, -0.2) is 8.42 Å². The highest BCUT2D eigenvalue weighted by Gasteiger charge is 2.27. The van der Waals surface area contributed by atoms with Crippen LogP contribution in [0.5, 0.6) is 0 Å². The fourth-order valence-corrected chi connectivity index (χ4v) is 3.77. The molecule has 0 heterocycles. The van der Waals surface area contributed by atoms with Gasteiger partial charge < -0.3 is 4.90 Å². The Hall–Kier alpha value is -1.91. The lowest BCUT2D eigenvalue weighted by molar-refractivity contribution is 0.595. The first-order valence-corrected chi connectivity index (χ1v) is 8.91. The molecule has 7 heteroatoms. The monoisotopic (exact) mass is 380 g/mol. The predicted octanol–water partition coefficient (Wildman–Crippen LogP) is 3.97. The number of halogens is 1. The summed E-state index contributed by atoms with van der Waals surface area (Å²) in [5, 5.41) is 9.05. The van der Waals surface area contributed by atoms with Crippen molar-refractivity contribution in [3.05, 3.63) is 57.5 Å². The van der Waals surface area contributed by atoms with Crippen molar-refractivity contribution in [3.63, 3.8) is 0 Å². The van der Waals surface area contributed by atoms with Gasteiger partial charge in [-0.2, -0.15) is 0 Å². The first-order valence-electron chi connectivity index (χ1n) is 6.47. The van der Waals surface area contributed by atoms with Crippen LogP contribution in [-0.4, -0.2) is 22.5 Å². The van der Waals surface area contributed by atoms with Crippen molar-refractivity contribution in [3.8, 4) is 0 Å². The average Bonchev–Trinajstić information content (AvgIpc) is 2.48. The molecule has 0 unspecified atom stereocenters. The molecule has 5 nitrogen and oxygen atoms in total. The van der Waals surface area contributed by atoms with Crippen LogP contribution in [0.1, 0.15) is 5.56 Å². The first-order chi connectivity index (χ1) is 10.3. The standard InChI is InChI=1S/C15H15BrN3O2S/c1-19(2)13-7-8-14(18-17)15(9-13)22(20,21)10-11-3-5-12(16)6-4-11/h3-9H,10H2,1-2H3/q+1. The summed E-state index contributed by atoms with van der Waals surface area (Å²) in [6, 6.07) is 11.8. The molecule has 2 aromatic rings. The molecule has 0 saturated heterocycles. The van der Waals surface area contributed by atoms with Crippen LogP contribution in [0.2, 0.25) is 0 Å². The van der Waals surface area contributed by atoms with Crippen molar-refractivity contribution in [1.29, 1.82) is 5.39 Å². The lowest BCUT2D eigenvalue weighted by Crippen LogP contribution is -2.11. The summed E-state index contributed by atoms with van der Waals surface area (Å²) in [5.74, 6) is -0.153. The summed E-state index contributed by atoms with van der Waals surface area (Å²) in [7, 11) is 0.0107. The van der Waals surface area contributed by atoms with Gasteiger partial charge in [0.15, 0.2) is 19.7 Å². The molecule has 0 radical (unpaired) electrons. The summed E-state index contributed by atoms with van der Waals surface area (Å²) in [6.07, 6.45) is 0. The van der Waals surface area contributed by atoms with E-state index in [4.69, 9.17) is 5.39 Å². The van der Waals surface area contributed by atoms with E-state index in [-0.39, 0.29) is 16.3 Å². The molecule has 22 heavy (non-hydrogen) atoms. The van der Waals surface area contributed by atoms with Crippen molar-refractivity contribution >= 4 is 37.1 Å². The average molecular weight is 381 g/mol. The fourth-order valence-electron chi connectivity index (χ4n) is 1.99. The van der Waals surface area contributed by atoms with Gasteiger partial charge in [-0.05, 0) is 29.8 Å². The maximum Gasteiger partial charge on any atom is 0.403 e. The number of hydrogen-bond donors (Lipinski definition) is 0. The molecule has 0 bridgehead atoms. The molecule has 0 atom stereocenters. The summed E-state index contributed by atoms with van der Waals surface area (Å²) >= 11 is 3.32. The minimum Gasteiger partial charge on any atom is -0.378 e. The Morgan fingerprint density at radius 1 is 1.14 bits per heavy atom. The Bertz CT molecular complexity index is 825. The maximum atomic E-state index is 12.6. The number of rotatable bonds is 4. The van der Waals surface area contributed by atoms with Crippen LogP contribution >= 0.6 is 15.9 Å². The quantitative estimate of drug-likeness (QED) is 0.752. The largest absolute Gasteiger partial charge is 0.403 e. The van der Waals surface area contributed by atoms with Crippen molar-refractivity contribution in [2.75, 3.05) is 19.0 Å². The number of benzene rings is 2. The van der Waals surface area contributed by atoms with Crippen molar-refractivity contribution < 1.29 is 8.42 Å². The molecular weight excluding hydrogens is 366 g/mol. The molecule has 0 spiro atoms. The second-order valence-electron chi connectivity index (χ2n) is 5.03.